The van der Waals surface area contributed by atoms with Crippen molar-refractivity contribution in [1.29, 1.82) is 0 Å². The molecule has 1 aromatic rings. The third kappa shape index (κ3) is 3.28. The van der Waals surface area contributed by atoms with Crippen LogP contribution in [0.2, 0.25) is 5.02 Å². The largest absolute Gasteiger partial charge is 0.394 e. The zero-order valence-electron chi connectivity index (χ0n) is 10.5. The van der Waals surface area contributed by atoms with Crippen LogP contribution in [0.1, 0.15) is 17.3 Å². The fourth-order valence-corrected chi connectivity index (χ4v) is 2.50. The van der Waals surface area contributed by atoms with E-state index in [4.69, 9.17) is 21.4 Å². The first kappa shape index (κ1) is 14.8. The Labute approximate surface area is 125 Å². The molecule has 2 rings (SSSR count). The van der Waals surface area contributed by atoms with Crippen molar-refractivity contribution in [2.75, 3.05) is 19.8 Å². The van der Waals surface area contributed by atoms with Crippen molar-refractivity contribution >= 4 is 33.4 Å². The summed E-state index contributed by atoms with van der Waals surface area (Å²) < 4.78 is 6.12. The fourth-order valence-electron chi connectivity index (χ4n) is 2.01. The number of rotatable bonds is 2. The van der Waals surface area contributed by atoms with Gasteiger partial charge >= 0.3 is 0 Å². The van der Waals surface area contributed by atoms with Gasteiger partial charge in [0, 0.05) is 16.6 Å². The highest BCUT2D eigenvalue weighted by Crippen LogP contribution is 2.25. The van der Waals surface area contributed by atoms with E-state index in [2.05, 4.69) is 15.9 Å². The maximum atomic E-state index is 12.5. The molecule has 19 heavy (non-hydrogen) atoms. The second-order valence-electron chi connectivity index (χ2n) is 4.57. The summed E-state index contributed by atoms with van der Waals surface area (Å²) in [5, 5.41) is 9.71. The Bertz CT molecular complexity index is 483. The van der Waals surface area contributed by atoms with Crippen LogP contribution >= 0.6 is 27.5 Å². The topological polar surface area (TPSA) is 49.8 Å². The van der Waals surface area contributed by atoms with Crippen LogP contribution in [0.4, 0.5) is 0 Å². The minimum atomic E-state index is -0.309. The molecule has 0 spiro atoms. The van der Waals surface area contributed by atoms with Crippen molar-refractivity contribution in [3.05, 3.63) is 33.3 Å². The number of carbonyl (C=O) groups excluding carboxylic acids is 1. The minimum Gasteiger partial charge on any atom is -0.394 e. The van der Waals surface area contributed by atoms with Crippen molar-refractivity contribution in [2.45, 2.75) is 19.1 Å². The molecule has 1 N–H and O–H groups in total. The third-order valence-electron chi connectivity index (χ3n) is 3.14. The molecule has 1 heterocycles. The number of morpholine rings is 1. The van der Waals surface area contributed by atoms with Gasteiger partial charge in [-0.3, -0.25) is 4.79 Å². The number of hydrogen-bond donors (Lipinski definition) is 1. The molecule has 4 nitrogen and oxygen atoms in total. The Morgan fingerprint density at radius 1 is 1.63 bits per heavy atom. The van der Waals surface area contributed by atoms with Gasteiger partial charge in [-0.15, -0.1) is 0 Å². The van der Waals surface area contributed by atoms with E-state index in [1.807, 2.05) is 6.92 Å². The zero-order valence-corrected chi connectivity index (χ0v) is 12.8. The van der Waals surface area contributed by atoms with Crippen molar-refractivity contribution in [2.24, 2.45) is 0 Å². The predicted octanol–water partition coefficient (Wildman–Crippen LogP) is 2.32. The molecule has 1 amide bonds. The molecule has 0 aromatic heterocycles. The summed E-state index contributed by atoms with van der Waals surface area (Å²) in [5.74, 6) is -0.0772. The molecule has 0 saturated carbocycles. The van der Waals surface area contributed by atoms with Gasteiger partial charge in [0.2, 0.25) is 0 Å². The van der Waals surface area contributed by atoms with Gasteiger partial charge in [0.1, 0.15) is 0 Å². The summed E-state index contributed by atoms with van der Waals surface area (Å²) in [5.41, 5.74) is 0.571. The lowest BCUT2D eigenvalue weighted by Gasteiger charge is -2.37. The average molecular weight is 349 g/mol. The number of aliphatic hydroxyl groups excluding tert-OH is 1. The third-order valence-corrected chi connectivity index (χ3v) is 4.35. The van der Waals surface area contributed by atoms with E-state index in [0.29, 0.717) is 28.2 Å². The first-order valence-electron chi connectivity index (χ1n) is 6.01. The number of aliphatic hydroxyl groups is 1. The Balaban J connectivity index is 2.19. The molecular weight excluding hydrogens is 334 g/mol. The van der Waals surface area contributed by atoms with Gasteiger partial charge in [0.25, 0.3) is 5.91 Å². The lowest BCUT2D eigenvalue weighted by atomic mass is 10.1. The van der Waals surface area contributed by atoms with Crippen LogP contribution in [0.25, 0.3) is 0 Å². The standard InChI is InChI=1S/C13H15BrClNO3/c1-8-7-19-10(6-17)5-16(8)13(18)9-2-3-12(15)11(14)4-9/h2-4,8,10,17H,5-7H2,1H3. The van der Waals surface area contributed by atoms with Crippen LogP contribution in [-0.2, 0) is 4.74 Å². The maximum absolute atomic E-state index is 12.5. The van der Waals surface area contributed by atoms with Gasteiger partial charge < -0.3 is 14.7 Å². The van der Waals surface area contributed by atoms with Crippen LogP contribution in [0.3, 0.4) is 0 Å². The Morgan fingerprint density at radius 3 is 3.00 bits per heavy atom. The number of hydrogen-bond acceptors (Lipinski definition) is 3. The Kier molecular flexibility index (Phi) is 4.84. The smallest absolute Gasteiger partial charge is 0.254 e. The summed E-state index contributed by atoms with van der Waals surface area (Å²) in [6.07, 6.45) is -0.309. The number of carbonyl (C=O) groups is 1. The predicted molar refractivity (Wildman–Crippen MR) is 76.5 cm³/mol. The normalized spacial score (nSPS) is 23.5. The second-order valence-corrected chi connectivity index (χ2v) is 5.83. The van der Waals surface area contributed by atoms with Gasteiger partial charge in [-0.2, -0.15) is 0 Å². The molecule has 0 aliphatic carbocycles. The summed E-state index contributed by atoms with van der Waals surface area (Å²) in [7, 11) is 0. The van der Waals surface area contributed by atoms with Gasteiger partial charge in [-0.1, -0.05) is 11.6 Å². The summed E-state index contributed by atoms with van der Waals surface area (Å²) in [6.45, 7) is 2.68. The highest BCUT2D eigenvalue weighted by molar-refractivity contribution is 9.10. The number of halogens is 2. The molecule has 1 aliphatic heterocycles. The second kappa shape index (κ2) is 6.22. The molecule has 6 heteroatoms. The minimum absolute atomic E-state index is 0.00949. The van der Waals surface area contributed by atoms with Gasteiger partial charge in [-0.25, -0.2) is 0 Å². The van der Waals surface area contributed by atoms with E-state index in [-0.39, 0.29) is 24.7 Å². The maximum Gasteiger partial charge on any atom is 0.254 e. The van der Waals surface area contributed by atoms with E-state index >= 15 is 0 Å². The number of benzene rings is 1. The zero-order chi connectivity index (χ0) is 14.0. The molecule has 0 radical (unpaired) electrons. The average Bonchev–Trinajstić information content (AvgIpc) is 2.41. The molecule has 0 bridgehead atoms. The van der Waals surface area contributed by atoms with Crippen LogP contribution in [0.5, 0.6) is 0 Å². The quantitative estimate of drug-likeness (QED) is 0.892. The molecular formula is C13H15BrClNO3. The Morgan fingerprint density at radius 2 is 2.37 bits per heavy atom. The molecule has 1 fully saturated rings. The number of ether oxygens (including phenoxy) is 1. The highest BCUT2D eigenvalue weighted by Gasteiger charge is 2.30. The summed E-state index contributed by atoms with van der Waals surface area (Å²) >= 11 is 9.23. The lowest BCUT2D eigenvalue weighted by Crippen LogP contribution is -2.52. The van der Waals surface area contributed by atoms with Gasteiger partial charge in [0.05, 0.1) is 30.4 Å². The molecule has 1 aliphatic rings. The van der Waals surface area contributed by atoms with Gasteiger partial charge in [-0.05, 0) is 41.1 Å². The van der Waals surface area contributed by atoms with Crippen LogP contribution in [-0.4, -0.2) is 47.8 Å². The highest BCUT2D eigenvalue weighted by atomic mass is 79.9. The number of amides is 1. The first-order chi connectivity index (χ1) is 9.02. The fraction of sp³-hybridized carbons (Fsp3) is 0.462. The monoisotopic (exact) mass is 347 g/mol. The number of nitrogens with zero attached hydrogens (tertiary/aromatic N) is 1. The summed E-state index contributed by atoms with van der Waals surface area (Å²) in [4.78, 5) is 14.2. The van der Waals surface area contributed by atoms with Crippen molar-refractivity contribution in [3.63, 3.8) is 0 Å². The van der Waals surface area contributed by atoms with Crippen LogP contribution in [0, 0.1) is 0 Å². The van der Waals surface area contributed by atoms with Crippen LogP contribution < -0.4 is 0 Å². The van der Waals surface area contributed by atoms with Crippen molar-refractivity contribution in [3.8, 4) is 0 Å². The van der Waals surface area contributed by atoms with Crippen LogP contribution in [0.15, 0.2) is 22.7 Å². The molecule has 1 saturated heterocycles. The van der Waals surface area contributed by atoms with E-state index in [0.717, 1.165) is 0 Å². The first-order valence-corrected chi connectivity index (χ1v) is 7.18. The Hall–Kier alpha value is -0.620. The summed E-state index contributed by atoms with van der Waals surface area (Å²) in [6, 6.07) is 5.09. The lowest BCUT2D eigenvalue weighted by molar-refractivity contribution is -0.0667. The molecule has 104 valence electrons. The van der Waals surface area contributed by atoms with E-state index in [9.17, 15) is 4.79 Å². The van der Waals surface area contributed by atoms with Crippen molar-refractivity contribution in [1.82, 2.24) is 4.90 Å². The molecule has 2 unspecified atom stereocenters. The van der Waals surface area contributed by atoms with E-state index in [1.54, 1.807) is 23.1 Å². The van der Waals surface area contributed by atoms with E-state index in [1.165, 1.54) is 0 Å². The SMILES string of the molecule is CC1COC(CO)CN1C(=O)c1ccc(Cl)c(Br)c1. The molecule has 2 atom stereocenters. The van der Waals surface area contributed by atoms with E-state index < -0.39 is 0 Å². The van der Waals surface area contributed by atoms with Gasteiger partial charge in [0.15, 0.2) is 0 Å². The van der Waals surface area contributed by atoms with Crippen molar-refractivity contribution < 1.29 is 14.6 Å². The molecule has 1 aromatic carbocycles.